The van der Waals surface area contributed by atoms with E-state index >= 15 is 0 Å². The zero-order valence-corrected chi connectivity index (χ0v) is 12.0. The molecule has 1 nitrogen and oxygen atoms in total. The lowest BCUT2D eigenvalue weighted by atomic mass is 9.77. The Labute approximate surface area is 116 Å². The average Bonchev–Trinajstić information content (AvgIpc) is 2.96. The van der Waals surface area contributed by atoms with Gasteiger partial charge >= 0.3 is 0 Å². The molecular weight excluding hydrogens is 275 g/mol. The first-order valence-corrected chi connectivity index (χ1v) is 7.88. The van der Waals surface area contributed by atoms with E-state index in [1.54, 1.807) is 11.3 Å². The summed E-state index contributed by atoms with van der Waals surface area (Å²) in [4.78, 5) is 1.34. The van der Waals surface area contributed by atoms with Crippen molar-refractivity contribution in [2.45, 2.75) is 31.8 Å². The highest BCUT2D eigenvalue weighted by atomic mass is 35.5. The molecule has 94 valence electrons. The van der Waals surface area contributed by atoms with Crippen molar-refractivity contribution in [2.24, 2.45) is 11.3 Å². The normalized spacial score (nSPS) is 33.2. The summed E-state index contributed by atoms with van der Waals surface area (Å²) < 4.78 is 6.82. The van der Waals surface area contributed by atoms with Crippen LogP contribution in [0.15, 0.2) is 12.1 Å². The summed E-state index contributed by atoms with van der Waals surface area (Å²) in [5, 5.41) is 0. The van der Waals surface area contributed by atoms with Crippen LogP contribution < -0.4 is 0 Å². The third-order valence-corrected chi connectivity index (χ3v) is 5.74. The highest BCUT2D eigenvalue weighted by molar-refractivity contribution is 7.16. The molecule has 0 bridgehead atoms. The summed E-state index contributed by atoms with van der Waals surface area (Å²) >= 11 is 14.0. The van der Waals surface area contributed by atoms with Crippen LogP contribution in [-0.2, 0) is 11.2 Å². The summed E-state index contributed by atoms with van der Waals surface area (Å²) in [7, 11) is 0. The van der Waals surface area contributed by atoms with Crippen molar-refractivity contribution in [3.63, 3.8) is 0 Å². The SMILES string of the molecule is ClCC1(Cc2ccc(Cl)s2)CCOC1C1CC1. The molecule has 4 heteroatoms. The highest BCUT2D eigenvalue weighted by Crippen LogP contribution is 2.50. The van der Waals surface area contributed by atoms with Crippen LogP contribution in [0.1, 0.15) is 24.1 Å². The van der Waals surface area contributed by atoms with Gasteiger partial charge in [-0.3, -0.25) is 0 Å². The third-order valence-electron chi connectivity index (χ3n) is 3.97. The Morgan fingerprint density at radius 3 is 2.82 bits per heavy atom. The van der Waals surface area contributed by atoms with Crippen molar-refractivity contribution in [1.82, 2.24) is 0 Å². The Kier molecular flexibility index (Phi) is 3.42. The lowest BCUT2D eigenvalue weighted by Crippen LogP contribution is -2.36. The Hall–Kier alpha value is 0.240. The van der Waals surface area contributed by atoms with Crippen molar-refractivity contribution < 1.29 is 4.74 Å². The lowest BCUT2D eigenvalue weighted by Gasteiger charge is -2.32. The molecule has 0 spiro atoms. The van der Waals surface area contributed by atoms with E-state index in [2.05, 4.69) is 6.07 Å². The van der Waals surface area contributed by atoms with Crippen molar-refractivity contribution in [3.05, 3.63) is 21.3 Å². The molecule has 0 radical (unpaired) electrons. The van der Waals surface area contributed by atoms with Crippen LogP contribution in [0.3, 0.4) is 0 Å². The van der Waals surface area contributed by atoms with Gasteiger partial charge in [0.25, 0.3) is 0 Å². The van der Waals surface area contributed by atoms with Crippen LogP contribution in [0, 0.1) is 11.3 Å². The zero-order valence-electron chi connectivity index (χ0n) is 9.62. The summed E-state index contributed by atoms with van der Waals surface area (Å²) in [5.41, 5.74) is 0.150. The van der Waals surface area contributed by atoms with E-state index < -0.39 is 0 Å². The third kappa shape index (κ3) is 2.37. The number of halogens is 2. The van der Waals surface area contributed by atoms with E-state index in [0.717, 1.165) is 29.7 Å². The first-order valence-electron chi connectivity index (χ1n) is 6.15. The molecule has 1 aliphatic carbocycles. The van der Waals surface area contributed by atoms with Crippen molar-refractivity contribution >= 4 is 34.5 Å². The molecule has 3 rings (SSSR count). The van der Waals surface area contributed by atoms with E-state index in [1.807, 2.05) is 6.07 Å². The fourth-order valence-corrected chi connectivity index (χ4v) is 4.54. The standard InChI is InChI=1S/C13H16Cl2OS/c14-8-13(7-10-3-4-11(15)17-10)5-6-16-12(13)9-1-2-9/h3-4,9,12H,1-2,5-8H2. The van der Waals surface area contributed by atoms with Crippen LogP contribution in [0.5, 0.6) is 0 Å². The van der Waals surface area contributed by atoms with Crippen LogP contribution in [-0.4, -0.2) is 18.6 Å². The molecule has 2 atom stereocenters. The molecular formula is C13H16Cl2OS. The number of thiophene rings is 1. The summed E-state index contributed by atoms with van der Waals surface area (Å²) in [6.45, 7) is 0.868. The van der Waals surface area contributed by atoms with Gasteiger partial charge < -0.3 is 4.74 Å². The van der Waals surface area contributed by atoms with Crippen LogP contribution >= 0.6 is 34.5 Å². The van der Waals surface area contributed by atoms with E-state index in [-0.39, 0.29) is 5.41 Å². The van der Waals surface area contributed by atoms with Crippen LogP contribution in [0.25, 0.3) is 0 Å². The summed E-state index contributed by atoms with van der Waals surface area (Å²) in [6, 6.07) is 4.11. The molecule has 0 aromatic carbocycles. The van der Waals surface area contributed by atoms with E-state index in [1.165, 1.54) is 17.7 Å². The number of rotatable bonds is 4. The predicted molar refractivity (Wildman–Crippen MR) is 73.3 cm³/mol. The molecule has 2 unspecified atom stereocenters. The molecule has 1 saturated heterocycles. The Morgan fingerprint density at radius 1 is 1.41 bits per heavy atom. The van der Waals surface area contributed by atoms with Gasteiger partial charge in [0.15, 0.2) is 0 Å². The number of alkyl halides is 1. The maximum Gasteiger partial charge on any atom is 0.0931 e. The average molecular weight is 291 g/mol. The second-order valence-electron chi connectivity index (χ2n) is 5.26. The highest BCUT2D eigenvalue weighted by Gasteiger charge is 2.50. The fourth-order valence-electron chi connectivity index (χ4n) is 2.92. The van der Waals surface area contributed by atoms with Gasteiger partial charge in [-0.2, -0.15) is 0 Å². The van der Waals surface area contributed by atoms with E-state index in [0.29, 0.717) is 12.0 Å². The van der Waals surface area contributed by atoms with Gasteiger partial charge in [0, 0.05) is 22.8 Å². The topological polar surface area (TPSA) is 9.23 Å². The van der Waals surface area contributed by atoms with Gasteiger partial charge in [-0.05, 0) is 43.7 Å². The minimum atomic E-state index is 0.150. The second kappa shape index (κ2) is 4.73. The zero-order chi connectivity index (χ0) is 11.9. The molecule has 1 aliphatic heterocycles. The van der Waals surface area contributed by atoms with Gasteiger partial charge in [-0.25, -0.2) is 0 Å². The molecule has 1 aromatic rings. The van der Waals surface area contributed by atoms with Gasteiger partial charge in [0.05, 0.1) is 10.4 Å². The Balaban J connectivity index is 1.80. The smallest absolute Gasteiger partial charge is 0.0931 e. The first kappa shape index (κ1) is 12.3. The van der Waals surface area contributed by atoms with Crippen LogP contribution in [0.2, 0.25) is 4.34 Å². The van der Waals surface area contributed by atoms with Crippen LogP contribution in [0.4, 0.5) is 0 Å². The van der Waals surface area contributed by atoms with Gasteiger partial charge in [-0.1, -0.05) is 11.6 Å². The van der Waals surface area contributed by atoms with Crippen molar-refractivity contribution in [1.29, 1.82) is 0 Å². The predicted octanol–water partition coefficient (Wildman–Crippen LogP) is 4.37. The molecule has 2 heterocycles. The maximum atomic E-state index is 6.28. The molecule has 1 saturated carbocycles. The molecule has 0 N–H and O–H groups in total. The number of ether oxygens (including phenoxy) is 1. The summed E-state index contributed by atoms with van der Waals surface area (Å²) in [6.07, 6.45) is 5.12. The Morgan fingerprint density at radius 2 is 2.24 bits per heavy atom. The van der Waals surface area contributed by atoms with E-state index in [9.17, 15) is 0 Å². The molecule has 2 fully saturated rings. The van der Waals surface area contributed by atoms with Crippen molar-refractivity contribution in [3.8, 4) is 0 Å². The number of hydrogen-bond acceptors (Lipinski definition) is 2. The largest absolute Gasteiger partial charge is 0.377 e. The molecule has 1 aromatic heterocycles. The summed E-state index contributed by atoms with van der Waals surface area (Å²) in [5.74, 6) is 1.45. The van der Waals surface area contributed by atoms with Gasteiger partial charge in [-0.15, -0.1) is 22.9 Å². The number of hydrogen-bond donors (Lipinski definition) is 0. The quantitative estimate of drug-likeness (QED) is 0.749. The van der Waals surface area contributed by atoms with E-state index in [4.69, 9.17) is 27.9 Å². The van der Waals surface area contributed by atoms with Gasteiger partial charge in [0.2, 0.25) is 0 Å². The fraction of sp³-hybridized carbons (Fsp3) is 0.692. The molecule has 0 amide bonds. The first-order chi connectivity index (χ1) is 8.23. The molecule has 2 aliphatic rings. The molecule has 17 heavy (non-hydrogen) atoms. The maximum absolute atomic E-state index is 6.28. The minimum Gasteiger partial charge on any atom is -0.377 e. The second-order valence-corrected chi connectivity index (χ2v) is 7.32. The minimum absolute atomic E-state index is 0.150. The lowest BCUT2D eigenvalue weighted by molar-refractivity contribution is 0.0406. The van der Waals surface area contributed by atoms with Crippen molar-refractivity contribution in [2.75, 3.05) is 12.5 Å². The monoisotopic (exact) mass is 290 g/mol. The van der Waals surface area contributed by atoms with Gasteiger partial charge in [0.1, 0.15) is 0 Å². The Bertz CT molecular complexity index is 402.